The first kappa shape index (κ1) is 30.2. The number of nitrogens with zero attached hydrogens (tertiary/aromatic N) is 2. The van der Waals surface area contributed by atoms with Crippen LogP contribution >= 0.6 is 11.3 Å². The Hall–Kier alpha value is -3.38. The minimum atomic E-state index is -3.93. The predicted molar refractivity (Wildman–Crippen MR) is 148 cm³/mol. The van der Waals surface area contributed by atoms with Crippen molar-refractivity contribution < 1.29 is 37.1 Å². The molecule has 1 unspecified atom stereocenters. The standard InChI is InChI=1S/C27H34N2O8S2/c1-26(2,3)35-24(30)29(37-25(31)36-27(4,5)6)21(20-10-8-9-11-22(20)34-7)17-39(32,33)16-18-14-19-12-13-38-23(19)28-15-18/h8-15,21H,16-17H2,1-7H3. The Morgan fingerprint density at radius 1 is 1.03 bits per heavy atom. The molecular formula is C27H34N2O8S2. The fraction of sp³-hybridized carbons (Fsp3) is 0.444. The molecule has 3 rings (SSSR count). The van der Waals surface area contributed by atoms with E-state index in [1.165, 1.54) is 24.6 Å². The Morgan fingerprint density at radius 3 is 2.33 bits per heavy atom. The van der Waals surface area contributed by atoms with Gasteiger partial charge in [-0.05, 0) is 70.7 Å². The zero-order valence-electron chi connectivity index (χ0n) is 23.1. The molecule has 0 aliphatic rings. The summed E-state index contributed by atoms with van der Waals surface area (Å²) in [4.78, 5) is 36.6. The number of benzene rings is 1. The predicted octanol–water partition coefficient (Wildman–Crippen LogP) is 6.06. The van der Waals surface area contributed by atoms with Crippen molar-refractivity contribution in [2.75, 3.05) is 12.9 Å². The van der Waals surface area contributed by atoms with Crippen LogP contribution in [-0.2, 0) is 29.9 Å². The summed E-state index contributed by atoms with van der Waals surface area (Å²) < 4.78 is 43.3. The number of hydrogen-bond donors (Lipinski definition) is 0. The van der Waals surface area contributed by atoms with E-state index in [1.54, 1.807) is 71.9 Å². The number of carbonyl (C=O) groups excluding carboxylic acids is 2. The summed E-state index contributed by atoms with van der Waals surface area (Å²) in [6.07, 6.45) is -0.754. The van der Waals surface area contributed by atoms with Gasteiger partial charge >= 0.3 is 12.2 Å². The molecule has 212 valence electrons. The molecule has 0 aliphatic heterocycles. The van der Waals surface area contributed by atoms with Crippen LogP contribution in [0, 0.1) is 0 Å². The summed E-state index contributed by atoms with van der Waals surface area (Å²) in [7, 11) is -2.51. The molecule has 0 saturated carbocycles. The minimum absolute atomic E-state index is 0.292. The number of fused-ring (bicyclic) bond motifs is 1. The lowest BCUT2D eigenvalue weighted by molar-refractivity contribution is -0.153. The third kappa shape index (κ3) is 8.82. The first-order chi connectivity index (χ1) is 18.1. The van der Waals surface area contributed by atoms with Crippen molar-refractivity contribution in [1.29, 1.82) is 0 Å². The van der Waals surface area contributed by atoms with Crippen LogP contribution in [0.25, 0.3) is 10.2 Å². The smallest absolute Gasteiger partial charge is 0.496 e. The molecule has 10 nitrogen and oxygen atoms in total. The van der Waals surface area contributed by atoms with Crippen molar-refractivity contribution in [1.82, 2.24) is 10.0 Å². The molecule has 0 saturated heterocycles. The van der Waals surface area contributed by atoms with Gasteiger partial charge < -0.3 is 14.2 Å². The Balaban J connectivity index is 2.04. The van der Waals surface area contributed by atoms with E-state index in [2.05, 4.69) is 4.98 Å². The lowest BCUT2D eigenvalue weighted by Crippen LogP contribution is -2.44. The number of amides is 1. The maximum atomic E-state index is 13.6. The van der Waals surface area contributed by atoms with Gasteiger partial charge in [-0.15, -0.1) is 16.4 Å². The number of hydroxylamine groups is 2. The Bertz CT molecular complexity index is 1420. The second-order valence-corrected chi connectivity index (χ2v) is 13.8. The van der Waals surface area contributed by atoms with E-state index in [1.807, 2.05) is 11.4 Å². The molecule has 0 bridgehead atoms. The molecule has 0 radical (unpaired) electrons. The topological polar surface area (TPSA) is 121 Å². The number of rotatable bonds is 7. The second-order valence-electron chi connectivity index (χ2n) is 10.8. The van der Waals surface area contributed by atoms with Crippen LogP contribution in [0.3, 0.4) is 0 Å². The maximum Gasteiger partial charge on any atom is 0.534 e. The molecule has 2 heterocycles. The summed E-state index contributed by atoms with van der Waals surface area (Å²) in [6.45, 7) is 9.81. The van der Waals surface area contributed by atoms with Gasteiger partial charge in [-0.25, -0.2) is 23.0 Å². The first-order valence-electron chi connectivity index (χ1n) is 12.2. The van der Waals surface area contributed by atoms with Crippen molar-refractivity contribution in [3.8, 4) is 5.75 Å². The lowest BCUT2D eigenvalue weighted by atomic mass is 10.1. The fourth-order valence-corrected chi connectivity index (χ4v) is 5.95. The quantitative estimate of drug-likeness (QED) is 0.243. The molecule has 12 heteroatoms. The van der Waals surface area contributed by atoms with Gasteiger partial charge in [-0.2, -0.15) is 0 Å². The van der Waals surface area contributed by atoms with Crippen molar-refractivity contribution >= 4 is 43.6 Å². The van der Waals surface area contributed by atoms with E-state index in [0.717, 1.165) is 10.2 Å². The van der Waals surface area contributed by atoms with Crippen LogP contribution in [0.2, 0.25) is 0 Å². The van der Waals surface area contributed by atoms with Gasteiger partial charge in [0.05, 0.1) is 18.6 Å². The zero-order valence-corrected chi connectivity index (χ0v) is 24.7. The molecule has 0 fully saturated rings. The van der Waals surface area contributed by atoms with Gasteiger partial charge in [0.2, 0.25) is 0 Å². The van der Waals surface area contributed by atoms with E-state index >= 15 is 0 Å². The SMILES string of the molecule is COc1ccccc1C(CS(=O)(=O)Cc1cnc2sccc2c1)N(OC(=O)OC(C)(C)C)C(=O)OC(C)(C)C. The highest BCUT2D eigenvalue weighted by molar-refractivity contribution is 7.90. The summed E-state index contributed by atoms with van der Waals surface area (Å²) in [5.41, 5.74) is -1.13. The molecule has 39 heavy (non-hydrogen) atoms. The molecule has 0 N–H and O–H groups in total. The number of carbonyl (C=O) groups is 2. The summed E-state index contributed by atoms with van der Waals surface area (Å²) >= 11 is 1.45. The Morgan fingerprint density at radius 2 is 1.69 bits per heavy atom. The number of para-hydroxylation sites is 1. The van der Waals surface area contributed by atoms with E-state index in [4.69, 9.17) is 19.0 Å². The van der Waals surface area contributed by atoms with Gasteiger partial charge in [-0.1, -0.05) is 18.2 Å². The van der Waals surface area contributed by atoms with E-state index in [0.29, 0.717) is 21.9 Å². The molecule has 0 spiro atoms. The molecule has 3 aromatic rings. The highest BCUT2D eigenvalue weighted by Crippen LogP contribution is 2.33. The van der Waals surface area contributed by atoms with Crippen LogP contribution in [0.15, 0.2) is 48.0 Å². The highest BCUT2D eigenvalue weighted by atomic mass is 32.2. The number of sulfone groups is 1. The lowest BCUT2D eigenvalue weighted by Gasteiger charge is -2.32. The number of thiophene rings is 1. The number of methoxy groups -OCH3 is 1. The molecule has 1 atom stereocenters. The average molecular weight is 579 g/mol. The van der Waals surface area contributed by atoms with Gasteiger partial charge in [0.15, 0.2) is 9.84 Å². The van der Waals surface area contributed by atoms with Crippen molar-refractivity contribution in [2.45, 2.75) is 64.5 Å². The van der Waals surface area contributed by atoms with E-state index < -0.39 is 45.1 Å². The Kier molecular flexibility index (Phi) is 9.12. The molecule has 0 aliphatic carbocycles. The third-order valence-corrected chi connectivity index (χ3v) is 7.51. The van der Waals surface area contributed by atoms with Crippen LogP contribution < -0.4 is 4.74 Å². The normalized spacial score (nSPS) is 13.0. The minimum Gasteiger partial charge on any atom is -0.496 e. The van der Waals surface area contributed by atoms with Crippen molar-refractivity contribution in [3.63, 3.8) is 0 Å². The number of hydrogen-bond acceptors (Lipinski definition) is 10. The average Bonchev–Trinajstić information content (AvgIpc) is 3.26. The maximum absolute atomic E-state index is 13.6. The number of aromatic nitrogens is 1. The fourth-order valence-electron chi connectivity index (χ4n) is 3.65. The summed E-state index contributed by atoms with van der Waals surface area (Å²) in [6, 6.07) is 8.86. The van der Waals surface area contributed by atoms with Crippen LogP contribution in [0.1, 0.15) is 58.7 Å². The van der Waals surface area contributed by atoms with Crippen LogP contribution in [-0.4, -0.2) is 54.8 Å². The molecule has 2 aromatic heterocycles. The van der Waals surface area contributed by atoms with Gasteiger partial charge in [-0.3, -0.25) is 4.84 Å². The zero-order chi connectivity index (χ0) is 29.0. The molecular weight excluding hydrogens is 544 g/mol. The molecule has 1 amide bonds. The largest absolute Gasteiger partial charge is 0.534 e. The number of ether oxygens (including phenoxy) is 3. The van der Waals surface area contributed by atoms with Gasteiger partial charge in [0.25, 0.3) is 0 Å². The second kappa shape index (κ2) is 11.8. The van der Waals surface area contributed by atoms with Crippen LogP contribution in [0.4, 0.5) is 9.59 Å². The van der Waals surface area contributed by atoms with Crippen molar-refractivity contribution in [2.24, 2.45) is 0 Å². The van der Waals surface area contributed by atoms with Gasteiger partial charge in [0.1, 0.15) is 27.8 Å². The molecule has 1 aromatic carbocycles. The van der Waals surface area contributed by atoms with Crippen molar-refractivity contribution in [3.05, 3.63) is 59.1 Å². The third-order valence-electron chi connectivity index (χ3n) is 5.08. The summed E-state index contributed by atoms with van der Waals surface area (Å²) in [5.74, 6) is -0.677. The monoisotopic (exact) mass is 578 g/mol. The Labute approximate surface area is 232 Å². The van der Waals surface area contributed by atoms with E-state index in [9.17, 15) is 18.0 Å². The first-order valence-corrected chi connectivity index (χ1v) is 14.9. The van der Waals surface area contributed by atoms with E-state index in [-0.39, 0.29) is 5.75 Å². The highest BCUT2D eigenvalue weighted by Gasteiger charge is 2.38. The van der Waals surface area contributed by atoms with Crippen LogP contribution in [0.5, 0.6) is 5.75 Å². The van der Waals surface area contributed by atoms with Gasteiger partial charge in [0, 0.05) is 17.1 Å². The summed E-state index contributed by atoms with van der Waals surface area (Å²) in [5, 5.41) is 3.31. The number of pyridine rings is 1.